The predicted molar refractivity (Wildman–Crippen MR) is 68.3 cm³/mol. The maximum atomic E-state index is 11.9. The molecular weight excluding hydrogens is 250 g/mol. The Morgan fingerprint density at radius 2 is 2.05 bits per heavy atom. The monoisotopic (exact) mass is 271 g/mol. The highest BCUT2D eigenvalue weighted by Gasteiger charge is 2.30. The molecule has 1 heterocycles. The van der Waals surface area contributed by atoms with E-state index in [1.54, 1.807) is 13.8 Å². The van der Waals surface area contributed by atoms with Crippen LogP contribution in [0.5, 0.6) is 0 Å². The Bertz CT molecular complexity index is 381. The van der Waals surface area contributed by atoms with Gasteiger partial charge in [-0.05, 0) is 26.7 Å². The highest BCUT2D eigenvalue weighted by molar-refractivity contribution is 5.82. The second-order valence-electron chi connectivity index (χ2n) is 5.53. The van der Waals surface area contributed by atoms with Gasteiger partial charge in [-0.3, -0.25) is 9.59 Å². The minimum atomic E-state index is -0.880. The van der Waals surface area contributed by atoms with Crippen molar-refractivity contribution in [2.24, 2.45) is 17.1 Å². The number of aliphatic carboxylic acids is 1. The van der Waals surface area contributed by atoms with Gasteiger partial charge in [-0.15, -0.1) is 0 Å². The highest BCUT2D eigenvalue weighted by atomic mass is 16.4. The van der Waals surface area contributed by atoms with Gasteiger partial charge in [0.05, 0.1) is 11.3 Å². The summed E-state index contributed by atoms with van der Waals surface area (Å²) in [5.41, 5.74) is 4.39. The molecule has 108 valence electrons. The van der Waals surface area contributed by atoms with E-state index in [-0.39, 0.29) is 19.1 Å². The largest absolute Gasteiger partial charge is 0.481 e. The van der Waals surface area contributed by atoms with Crippen molar-refractivity contribution in [3.05, 3.63) is 0 Å². The summed E-state index contributed by atoms with van der Waals surface area (Å²) in [4.78, 5) is 35.4. The lowest BCUT2D eigenvalue weighted by Crippen LogP contribution is -2.50. The Labute approximate surface area is 112 Å². The van der Waals surface area contributed by atoms with Crippen molar-refractivity contribution >= 4 is 17.9 Å². The Kier molecular flexibility index (Phi) is 4.74. The Balaban J connectivity index is 2.50. The molecule has 0 aromatic rings. The average molecular weight is 271 g/mol. The molecule has 1 unspecified atom stereocenters. The van der Waals surface area contributed by atoms with Crippen LogP contribution in [0.4, 0.5) is 4.79 Å². The number of nitrogens with two attached hydrogens (primary N) is 1. The number of carboxylic acids is 1. The maximum Gasteiger partial charge on any atom is 0.317 e. The summed E-state index contributed by atoms with van der Waals surface area (Å²) in [6.07, 6.45) is 1.26. The fraction of sp³-hybridized carbons (Fsp3) is 0.750. The van der Waals surface area contributed by atoms with Gasteiger partial charge < -0.3 is 21.1 Å². The number of urea groups is 1. The average Bonchev–Trinajstić information content (AvgIpc) is 2.36. The van der Waals surface area contributed by atoms with Crippen LogP contribution in [-0.4, -0.2) is 47.5 Å². The summed E-state index contributed by atoms with van der Waals surface area (Å²) in [6, 6.07) is -0.347. The fourth-order valence-corrected chi connectivity index (χ4v) is 1.86. The number of nitrogens with zero attached hydrogens (tertiary/aromatic N) is 1. The van der Waals surface area contributed by atoms with Crippen molar-refractivity contribution in [3.63, 3.8) is 0 Å². The van der Waals surface area contributed by atoms with E-state index < -0.39 is 23.2 Å². The zero-order valence-corrected chi connectivity index (χ0v) is 11.3. The number of carbonyl (C=O) groups excluding carboxylic acids is 2. The molecule has 0 radical (unpaired) electrons. The van der Waals surface area contributed by atoms with Crippen molar-refractivity contribution in [2.45, 2.75) is 26.7 Å². The van der Waals surface area contributed by atoms with E-state index in [2.05, 4.69) is 5.32 Å². The molecule has 0 aromatic carbocycles. The maximum absolute atomic E-state index is 11.9. The van der Waals surface area contributed by atoms with E-state index in [0.717, 1.165) is 0 Å². The molecule has 7 heteroatoms. The first-order valence-electron chi connectivity index (χ1n) is 6.29. The van der Waals surface area contributed by atoms with Crippen LogP contribution < -0.4 is 11.1 Å². The number of carbonyl (C=O) groups is 3. The number of hydrogen-bond donors (Lipinski definition) is 3. The third-order valence-electron chi connectivity index (χ3n) is 3.41. The second-order valence-corrected chi connectivity index (χ2v) is 5.53. The van der Waals surface area contributed by atoms with E-state index in [1.165, 1.54) is 4.90 Å². The van der Waals surface area contributed by atoms with E-state index in [0.29, 0.717) is 19.4 Å². The molecule has 4 N–H and O–H groups in total. The summed E-state index contributed by atoms with van der Waals surface area (Å²) >= 11 is 0. The standard InChI is InChI=1S/C12H21N3O4/c1-12(2,10(13)18)7-14-11(19)15-5-3-4-8(6-15)9(16)17/h8H,3-7H2,1-2H3,(H2,13,18)(H,14,19)(H,16,17). The van der Waals surface area contributed by atoms with Crippen LogP contribution in [0.3, 0.4) is 0 Å². The third kappa shape index (κ3) is 4.11. The van der Waals surface area contributed by atoms with Crippen LogP contribution in [-0.2, 0) is 9.59 Å². The van der Waals surface area contributed by atoms with Gasteiger partial charge in [0.25, 0.3) is 0 Å². The zero-order chi connectivity index (χ0) is 14.6. The fourth-order valence-electron chi connectivity index (χ4n) is 1.86. The lowest BCUT2D eigenvalue weighted by Gasteiger charge is -2.31. The summed E-state index contributed by atoms with van der Waals surface area (Å²) in [6.45, 7) is 4.16. The predicted octanol–water partition coefficient (Wildman–Crippen LogP) is 0.00410. The number of carboxylic acid groups (broad SMARTS) is 1. The van der Waals surface area contributed by atoms with Crippen LogP contribution in [0.1, 0.15) is 26.7 Å². The van der Waals surface area contributed by atoms with E-state index in [9.17, 15) is 14.4 Å². The lowest BCUT2D eigenvalue weighted by atomic mass is 9.93. The molecule has 19 heavy (non-hydrogen) atoms. The first-order valence-corrected chi connectivity index (χ1v) is 6.29. The minimum absolute atomic E-state index is 0.134. The quantitative estimate of drug-likeness (QED) is 0.668. The normalized spacial score (nSPS) is 19.9. The van der Waals surface area contributed by atoms with Crippen molar-refractivity contribution in [2.75, 3.05) is 19.6 Å². The molecule has 1 aliphatic heterocycles. The van der Waals surface area contributed by atoms with Crippen LogP contribution in [0.2, 0.25) is 0 Å². The van der Waals surface area contributed by atoms with Crippen LogP contribution in [0.25, 0.3) is 0 Å². The van der Waals surface area contributed by atoms with Crippen molar-refractivity contribution in [1.29, 1.82) is 0 Å². The topological polar surface area (TPSA) is 113 Å². The SMILES string of the molecule is CC(C)(CNC(=O)N1CCCC(C(=O)O)C1)C(N)=O. The summed E-state index contributed by atoms with van der Waals surface area (Å²) in [5.74, 6) is -1.88. The molecule has 1 rings (SSSR count). The Hall–Kier alpha value is -1.79. The van der Waals surface area contributed by atoms with E-state index in [1.807, 2.05) is 0 Å². The Morgan fingerprint density at radius 1 is 1.42 bits per heavy atom. The van der Waals surface area contributed by atoms with Crippen molar-refractivity contribution in [3.8, 4) is 0 Å². The van der Waals surface area contributed by atoms with E-state index in [4.69, 9.17) is 10.8 Å². The number of nitrogens with one attached hydrogen (secondary N) is 1. The smallest absolute Gasteiger partial charge is 0.317 e. The van der Waals surface area contributed by atoms with Gasteiger partial charge in [0, 0.05) is 19.6 Å². The number of rotatable bonds is 4. The molecule has 1 saturated heterocycles. The molecule has 0 aliphatic carbocycles. The van der Waals surface area contributed by atoms with Crippen LogP contribution in [0.15, 0.2) is 0 Å². The van der Waals surface area contributed by atoms with Crippen LogP contribution >= 0.6 is 0 Å². The molecule has 3 amide bonds. The summed E-state index contributed by atoms with van der Waals surface area (Å²) in [7, 11) is 0. The van der Waals surface area contributed by atoms with Crippen LogP contribution in [0, 0.1) is 11.3 Å². The number of amides is 3. The molecule has 0 bridgehead atoms. The Morgan fingerprint density at radius 3 is 2.58 bits per heavy atom. The molecule has 7 nitrogen and oxygen atoms in total. The van der Waals surface area contributed by atoms with Gasteiger partial charge in [-0.1, -0.05) is 0 Å². The molecule has 1 atom stereocenters. The first-order chi connectivity index (χ1) is 8.74. The first kappa shape index (κ1) is 15.3. The number of primary amides is 1. The van der Waals surface area contributed by atoms with Gasteiger partial charge in [-0.25, -0.2) is 4.79 Å². The summed E-state index contributed by atoms with van der Waals surface area (Å²) in [5, 5.41) is 11.6. The van der Waals surface area contributed by atoms with Gasteiger partial charge in [-0.2, -0.15) is 0 Å². The number of likely N-dealkylation sites (tertiary alicyclic amines) is 1. The third-order valence-corrected chi connectivity index (χ3v) is 3.41. The summed E-state index contributed by atoms with van der Waals surface area (Å²) < 4.78 is 0. The molecular formula is C12H21N3O4. The highest BCUT2D eigenvalue weighted by Crippen LogP contribution is 2.17. The number of hydrogen-bond acceptors (Lipinski definition) is 3. The zero-order valence-electron chi connectivity index (χ0n) is 11.3. The lowest BCUT2D eigenvalue weighted by molar-refractivity contribution is -0.143. The molecule has 1 fully saturated rings. The molecule has 1 aliphatic rings. The van der Waals surface area contributed by atoms with Crippen molar-refractivity contribution in [1.82, 2.24) is 10.2 Å². The second kappa shape index (κ2) is 5.90. The molecule has 0 saturated carbocycles. The minimum Gasteiger partial charge on any atom is -0.481 e. The van der Waals surface area contributed by atoms with Gasteiger partial charge in [0.1, 0.15) is 0 Å². The van der Waals surface area contributed by atoms with E-state index >= 15 is 0 Å². The number of piperidine rings is 1. The molecule has 0 aromatic heterocycles. The van der Waals surface area contributed by atoms with Gasteiger partial charge >= 0.3 is 12.0 Å². The van der Waals surface area contributed by atoms with Gasteiger partial charge in [0.15, 0.2) is 0 Å². The van der Waals surface area contributed by atoms with Gasteiger partial charge in [0.2, 0.25) is 5.91 Å². The van der Waals surface area contributed by atoms with Crippen molar-refractivity contribution < 1.29 is 19.5 Å². The molecule has 0 spiro atoms.